The average Bonchev–Trinajstić information content (AvgIpc) is 1.90. The van der Waals surface area contributed by atoms with Crippen LogP contribution in [0.15, 0.2) is 72.4 Å². The Morgan fingerprint density at radius 2 is 1.71 bits per heavy atom. The number of ether oxygens (including phenoxy) is 5. The summed E-state index contributed by atoms with van der Waals surface area (Å²) in [5, 5.41) is 23.4. The van der Waals surface area contributed by atoms with Crippen molar-refractivity contribution in [3.05, 3.63) is 94.1 Å². The highest BCUT2D eigenvalue weighted by atomic mass is 79.9. The lowest BCUT2D eigenvalue weighted by atomic mass is 9.78. The van der Waals surface area contributed by atoms with Gasteiger partial charge >= 0.3 is 23.9 Å². The van der Waals surface area contributed by atoms with E-state index in [0.29, 0.717) is 42.0 Å². The quantitative estimate of drug-likeness (QED) is 0.0166. The lowest BCUT2D eigenvalue weighted by Gasteiger charge is -2.41. The molecule has 2 fully saturated rings. The lowest BCUT2D eigenvalue weighted by Crippen LogP contribution is -2.54. The maximum absolute atomic E-state index is 14.6. The number of aryl methyl sites for hydroxylation is 1. The first-order valence-corrected chi connectivity index (χ1v) is 30.4. The van der Waals surface area contributed by atoms with Gasteiger partial charge in [-0.05, 0) is 108 Å². The van der Waals surface area contributed by atoms with Gasteiger partial charge in [-0.1, -0.05) is 96.9 Å². The zero-order valence-electron chi connectivity index (χ0n) is 51.1. The molecule has 86 heavy (non-hydrogen) atoms. The molecule has 0 radical (unpaired) electrons. The minimum Gasteiger partial charge on any atom is -0.462 e. The number of unbranched alkanes of at least 4 members (excludes halogenated alkanes) is 1. The molecule has 7 N–H and O–H groups in total. The number of allylic oxidation sites excluding steroid dienone is 3. The van der Waals surface area contributed by atoms with E-state index in [2.05, 4.69) is 43.8 Å². The first-order valence-electron chi connectivity index (χ1n) is 28.9. The monoisotopic (exact) mass is 1280 g/mol. The number of esters is 3. The molecule has 5 rings (SSSR count). The Kier molecular flexibility index (Phi) is 25.5. The highest BCUT2D eigenvalue weighted by Gasteiger charge is 2.64. The van der Waals surface area contributed by atoms with Crippen LogP contribution in [0.25, 0.3) is 0 Å². The Morgan fingerprint density at radius 1 is 1.01 bits per heavy atom. The molecule has 472 valence electrons. The lowest BCUT2D eigenvalue weighted by molar-refractivity contribution is -0.187. The Hall–Kier alpha value is -6.66. The van der Waals surface area contributed by atoms with Crippen LogP contribution in [0.3, 0.4) is 0 Å². The largest absolute Gasteiger partial charge is 0.462 e. The van der Waals surface area contributed by atoms with E-state index < -0.39 is 132 Å². The molecule has 22 nitrogen and oxygen atoms in total. The van der Waals surface area contributed by atoms with Gasteiger partial charge in [0.05, 0.1) is 47.0 Å². The fourth-order valence-corrected chi connectivity index (χ4v) is 11.0. The van der Waals surface area contributed by atoms with E-state index in [1.807, 2.05) is 32.1 Å². The number of methoxy groups -OCH3 is 1. The third-order valence-electron chi connectivity index (χ3n) is 16.0. The second-order valence-electron chi connectivity index (χ2n) is 23.3. The molecular formula is C62H85BrClN7O15. The van der Waals surface area contributed by atoms with Gasteiger partial charge in [-0.3, -0.25) is 28.8 Å². The highest BCUT2D eigenvalue weighted by Crippen LogP contribution is 2.50. The van der Waals surface area contributed by atoms with E-state index in [9.17, 15) is 48.3 Å². The molecule has 2 saturated heterocycles. The van der Waals surface area contributed by atoms with Gasteiger partial charge in [0, 0.05) is 57.4 Å². The number of aliphatic hydroxyl groups is 1. The maximum atomic E-state index is 14.6. The molecule has 24 heteroatoms. The summed E-state index contributed by atoms with van der Waals surface area (Å²) in [6.07, 6.45) is 2.50. The van der Waals surface area contributed by atoms with Crippen molar-refractivity contribution in [1.29, 1.82) is 0 Å². The van der Waals surface area contributed by atoms with E-state index in [1.54, 1.807) is 66.0 Å². The number of primary amides is 1. The Labute approximate surface area is 517 Å². The van der Waals surface area contributed by atoms with Crippen molar-refractivity contribution in [2.24, 2.45) is 17.6 Å². The molecule has 0 spiro atoms. The minimum atomic E-state index is -1.66. The van der Waals surface area contributed by atoms with Crippen molar-refractivity contribution in [3.63, 3.8) is 0 Å². The van der Waals surface area contributed by atoms with Crippen molar-refractivity contribution in [2.45, 2.75) is 179 Å². The molecule has 4 bridgehead atoms. The first kappa shape index (κ1) is 70.1. The van der Waals surface area contributed by atoms with Crippen LogP contribution < -0.4 is 31.9 Å². The van der Waals surface area contributed by atoms with Gasteiger partial charge in [0.2, 0.25) is 23.6 Å². The van der Waals surface area contributed by atoms with Crippen molar-refractivity contribution >= 4 is 92.4 Å². The standard InChI is InChI=1S/C62H85BrClN7O15/c1-34(2)53(69-49(72)25-16-13-20-38(6)83-58(78)37(5)33-63)56(76)68-44(23-18-26-66-60(65)80)55(75)67-43-22-15-14-21-42(43)57(77)70(10)40(8)59(79)85-48-30-50(73)71(11)45-29-41(28-36(4)52(45)64)27-35(3)19-17-24-47(82-12)62(81)31-46(84-51(74)32-62)39(7)54-61(48,9)86-54/h14-15,17,19,21-22,24,28-29,34,38-40,44,46-48,53-54,81H,5,13,16,18,20,23,25-27,30-33H2,1-4,6-12H3,(H,67,75)(H,68,76)(H,69,72)(H3,65,66,80)/b24-17+,35-19+/t38?,39-,40+,44+,46+,47-,48+,53+,54+,61+,62-/m1/s1. The molecule has 0 aromatic heterocycles. The van der Waals surface area contributed by atoms with Crippen molar-refractivity contribution < 1.29 is 71.9 Å². The van der Waals surface area contributed by atoms with E-state index in [4.69, 9.17) is 41.0 Å². The maximum Gasteiger partial charge on any atom is 0.334 e. The Bertz CT molecular complexity index is 2920. The third kappa shape index (κ3) is 18.7. The number of nitrogens with two attached hydrogens (primary N) is 1. The summed E-state index contributed by atoms with van der Waals surface area (Å²) in [4.78, 5) is 124. The smallest absolute Gasteiger partial charge is 0.334 e. The number of nitrogens with zero attached hydrogens (tertiary/aromatic N) is 2. The number of amides is 7. The number of hydrogen-bond acceptors (Lipinski definition) is 15. The van der Waals surface area contributed by atoms with Crippen molar-refractivity contribution in [3.8, 4) is 0 Å². The summed E-state index contributed by atoms with van der Waals surface area (Å²) in [6.45, 7) is 17.6. The predicted molar refractivity (Wildman–Crippen MR) is 327 cm³/mol. The summed E-state index contributed by atoms with van der Waals surface area (Å²) in [7, 11) is 4.38. The number of benzene rings is 2. The van der Waals surface area contributed by atoms with Gasteiger partial charge in [-0.2, -0.15) is 0 Å². The molecular weight excluding hydrogens is 1200 g/mol. The average molecular weight is 1280 g/mol. The van der Waals surface area contributed by atoms with E-state index in [-0.39, 0.29) is 60.8 Å². The topological polar surface area (TPSA) is 304 Å². The fraction of sp³-hybridized carbons (Fsp3) is 0.565. The third-order valence-corrected chi connectivity index (χ3v) is 17.2. The van der Waals surface area contributed by atoms with Crippen LogP contribution in [0.2, 0.25) is 5.02 Å². The minimum absolute atomic E-state index is 0.0146. The number of rotatable bonds is 23. The number of carbonyl (C=O) groups is 9. The summed E-state index contributed by atoms with van der Waals surface area (Å²) < 4.78 is 29.6. The molecule has 3 aliphatic heterocycles. The van der Waals surface area contributed by atoms with Crippen molar-refractivity contribution in [2.75, 3.05) is 43.3 Å². The number of alkyl halides is 1. The Balaban J connectivity index is 1.35. The zero-order chi connectivity index (χ0) is 64.0. The molecule has 2 aromatic carbocycles. The number of epoxide rings is 1. The van der Waals surface area contributed by atoms with Gasteiger partial charge < -0.3 is 65.6 Å². The summed E-state index contributed by atoms with van der Waals surface area (Å²) in [5.74, 6) is -6.14. The molecule has 7 amide bonds. The molecule has 3 heterocycles. The van der Waals surface area contributed by atoms with Gasteiger partial charge in [0.15, 0.2) is 0 Å². The van der Waals surface area contributed by atoms with Gasteiger partial charge in [0.25, 0.3) is 5.91 Å². The number of hydrogen-bond donors (Lipinski definition) is 6. The molecule has 0 saturated carbocycles. The van der Waals surface area contributed by atoms with Crippen LogP contribution in [0.4, 0.5) is 16.2 Å². The van der Waals surface area contributed by atoms with Gasteiger partial charge in [-0.25, -0.2) is 14.4 Å². The second-order valence-corrected chi connectivity index (χ2v) is 24.2. The van der Waals surface area contributed by atoms with E-state index in [0.717, 1.165) is 16.0 Å². The number of carbonyl (C=O) groups excluding carboxylic acids is 9. The highest BCUT2D eigenvalue weighted by molar-refractivity contribution is 9.09. The number of anilines is 2. The van der Waals surface area contributed by atoms with Crippen LogP contribution in [-0.2, 0) is 63.7 Å². The van der Waals surface area contributed by atoms with Crippen LogP contribution in [0.5, 0.6) is 0 Å². The number of likely N-dealkylation sites (N-methyl/N-ethyl adjacent to an activating group) is 1. The summed E-state index contributed by atoms with van der Waals surface area (Å²) in [5.41, 5.74) is 5.44. The molecule has 2 aromatic rings. The van der Waals surface area contributed by atoms with E-state index in [1.165, 1.54) is 38.1 Å². The SMILES string of the molecule is C=C(CBr)C(=O)OC(C)CCCCC(=O)N[C@H](C(=O)N[C@@H](CCCNC(N)=O)C(=O)Nc1ccccc1C(=O)N(C)[C@@H](C)C(=O)O[C@H]1CC(=O)N(C)c2cc(cc(C)c2Cl)C/C(C)=C/C=C/[C@@H](OC)[C@]2(O)CC(=O)O[C@@H](C2)[C@@H](C)[C@@H]2O[C@@]12C)C(C)C. The van der Waals surface area contributed by atoms with Gasteiger partial charge in [-0.15, -0.1) is 0 Å². The fourth-order valence-electron chi connectivity index (χ4n) is 10.6. The molecule has 1 unspecified atom stereocenters. The molecule has 3 aliphatic rings. The van der Waals surface area contributed by atoms with Crippen molar-refractivity contribution in [1.82, 2.24) is 20.9 Å². The zero-order valence-corrected chi connectivity index (χ0v) is 53.4. The Morgan fingerprint density at radius 3 is 2.37 bits per heavy atom. The van der Waals surface area contributed by atoms with Crippen LogP contribution in [0, 0.1) is 18.8 Å². The van der Waals surface area contributed by atoms with E-state index >= 15 is 0 Å². The van der Waals surface area contributed by atoms with Crippen LogP contribution in [0.1, 0.15) is 128 Å². The number of fused-ring (bicyclic) bond motifs is 5. The first-order chi connectivity index (χ1) is 40.4. The second kappa shape index (κ2) is 31.3. The number of para-hydroxylation sites is 1. The molecule has 11 atom stereocenters. The van der Waals surface area contributed by atoms with Crippen LogP contribution >= 0.6 is 27.5 Å². The number of halogens is 2. The molecule has 0 aliphatic carbocycles. The number of urea groups is 1. The van der Waals surface area contributed by atoms with Crippen LogP contribution in [-0.4, -0.2) is 156 Å². The number of nitrogens with one attached hydrogen (secondary N) is 4. The van der Waals surface area contributed by atoms with Gasteiger partial charge in [0.1, 0.15) is 47.6 Å². The normalized spacial score (nSPS) is 24.6. The predicted octanol–water partition coefficient (Wildman–Crippen LogP) is 6.83. The summed E-state index contributed by atoms with van der Waals surface area (Å²) >= 11 is 10.1. The summed E-state index contributed by atoms with van der Waals surface area (Å²) in [6, 6.07) is 5.32.